The summed E-state index contributed by atoms with van der Waals surface area (Å²) in [5, 5.41) is 9.31. The Morgan fingerprint density at radius 2 is 2.19 bits per heavy atom. The normalized spacial score (nSPS) is 29.2. The van der Waals surface area contributed by atoms with E-state index in [4.69, 9.17) is 9.66 Å². The van der Waals surface area contributed by atoms with E-state index in [1.807, 2.05) is 6.92 Å². The molecule has 1 saturated heterocycles. The maximum Gasteiger partial charge on any atom is 0.276 e. The zero-order chi connectivity index (χ0) is 18.7. The molecule has 2 aliphatic rings. The molecule has 1 spiro atoms. The Morgan fingerprint density at radius 1 is 1.42 bits per heavy atom. The van der Waals surface area contributed by atoms with Gasteiger partial charge >= 0.3 is 0 Å². The second-order valence-corrected chi connectivity index (χ2v) is 9.01. The van der Waals surface area contributed by atoms with E-state index in [2.05, 4.69) is 10.1 Å². The van der Waals surface area contributed by atoms with Crippen molar-refractivity contribution in [3.63, 3.8) is 0 Å². The molecule has 1 aliphatic carbocycles. The summed E-state index contributed by atoms with van der Waals surface area (Å²) in [6.45, 7) is 4.67. The molecule has 0 bridgehead atoms. The first-order valence-electron chi connectivity index (χ1n) is 8.59. The number of nitrogens with two attached hydrogens (primary N) is 1. The highest BCUT2D eigenvalue weighted by atomic mass is 32.2. The lowest BCUT2D eigenvalue weighted by molar-refractivity contribution is 0.168. The molecular weight excluding hydrogens is 359 g/mol. The Morgan fingerprint density at radius 3 is 2.85 bits per heavy atom. The molecule has 2 heterocycles. The quantitative estimate of drug-likeness (QED) is 0.879. The van der Waals surface area contributed by atoms with Gasteiger partial charge < -0.3 is 4.52 Å². The van der Waals surface area contributed by atoms with Crippen LogP contribution in [0.15, 0.2) is 22.7 Å². The number of piperidine rings is 1. The van der Waals surface area contributed by atoms with Crippen molar-refractivity contribution in [1.82, 2.24) is 14.4 Å². The van der Waals surface area contributed by atoms with Crippen LogP contribution in [0, 0.1) is 24.1 Å². The molecule has 2 aromatic rings. The summed E-state index contributed by atoms with van der Waals surface area (Å²) in [5.74, 6) is 1.00. The topological polar surface area (TPSA) is 102 Å². The summed E-state index contributed by atoms with van der Waals surface area (Å²) < 4.78 is 43.2. The van der Waals surface area contributed by atoms with Crippen molar-refractivity contribution in [2.75, 3.05) is 13.1 Å². The van der Waals surface area contributed by atoms with Crippen LogP contribution in [0.25, 0.3) is 11.4 Å². The number of aryl methyl sites for hydroxylation is 1. The molecule has 1 aromatic carbocycles. The Balaban J connectivity index is 1.54. The van der Waals surface area contributed by atoms with Gasteiger partial charge in [-0.3, -0.25) is 0 Å². The van der Waals surface area contributed by atoms with Gasteiger partial charge in [-0.1, -0.05) is 12.1 Å². The molecule has 140 valence electrons. The molecule has 9 heteroatoms. The zero-order valence-electron chi connectivity index (χ0n) is 14.6. The molecule has 2 N–H and O–H groups in total. The molecule has 26 heavy (non-hydrogen) atoms. The fourth-order valence-electron chi connectivity index (χ4n) is 4.23. The predicted octanol–water partition coefficient (Wildman–Crippen LogP) is 2.20. The fourth-order valence-corrected chi connectivity index (χ4v) is 5.01. The van der Waals surface area contributed by atoms with Crippen LogP contribution in [0.3, 0.4) is 0 Å². The Kier molecular flexibility index (Phi) is 3.94. The van der Waals surface area contributed by atoms with Gasteiger partial charge in [0.15, 0.2) is 0 Å². The number of halogens is 1. The lowest BCUT2D eigenvalue weighted by Gasteiger charge is -2.36. The van der Waals surface area contributed by atoms with Crippen molar-refractivity contribution >= 4 is 10.2 Å². The molecule has 1 aromatic heterocycles. The molecule has 7 nitrogen and oxygen atoms in total. The van der Waals surface area contributed by atoms with Crippen LogP contribution in [0.2, 0.25) is 0 Å². The highest BCUT2D eigenvalue weighted by molar-refractivity contribution is 7.86. The third kappa shape index (κ3) is 2.83. The average Bonchev–Trinajstić information content (AvgIpc) is 3.06. The molecule has 0 amide bonds. The van der Waals surface area contributed by atoms with Gasteiger partial charge in [0.2, 0.25) is 11.7 Å². The van der Waals surface area contributed by atoms with E-state index >= 15 is 0 Å². The minimum Gasteiger partial charge on any atom is -0.339 e. The van der Waals surface area contributed by atoms with Crippen LogP contribution < -0.4 is 5.14 Å². The molecule has 3 unspecified atom stereocenters. The van der Waals surface area contributed by atoms with E-state index in [9.17, 15) is 12.8 Å². The Labute approximate surface area is 151 Å². The molecular formula is C17H21FN4O3S. The smallest absolute Gasteiger partial charge is 0.276 e. The SMILES string of the molecule is Cc1cc(F)ccc1-c1noc(C2CC23CCN(S(N)(=O)=O)CC3C)n1. The first kappa shape index (κ1) is 17.6. The van der Waals surface area contributed by atoms with E-state index in [0.717, 1.165) is 24.0 Å². The van der Waals surface area contributed by atoms with Gasteiger partial charge in [-0.15, -0.1) is 0 Å². The molecule has 3 atom stereocenters. The standard InChI is InChI=1S/C17H21FN4O3S/c1-10-7-12(18)3-4-13(10)15-20-16(25-21-15)14-8-17(14)5-6-22(9-11(17)2)26(19,23)24/h3-4,7,11,14H,5-6,8-9H2,1-2H3,(H2,19,23,24). The Hall–Kier alpha value is -1.84. The Bertz CT molecular complexity index is 961. The summed E-state index contributed by atoms with van der Waals surface area (Å²) in [6, 6.07) is 4.46. The zero-order valence-corrected chi connectivity index (χ0v) is 15.5. The van der Waals surface area contributed by atoms with Gasteiger partial charge in [-0.2, -0.15) is 17.7 Å². The number of hydrogen-bond acceptors (Lipinski definition) is 5. The molecule has 1 saturated carbocycles. The van der Waals surface area contributed by atoms with Crippen molar-refractivity contribution in [3.05, 3.63) is 35.5 Å². The first-order chi connectivity index (χ1) is 12.2. The average molecular weight is 380 g/mol. The number of rotatable bonds is 3. The van der Waals surface area contributed by atoms with E-state index in [-0.39, 0.29) is 23.1 Å². The van der Waals surface area contributed by atoms with Gasteiger partial charge in [-0.05, 0) is 54.9 Å². The number of benzene rings is 1. The fraction of sp³-hybridized carbons (Fsp3) is 0.529. The van der Waals surface area contributed by atoms with Crippen LogP contribution in [0.5, 0.6) is 0 Å². The molecule has 0 radical (unpaired) electrons. The second kappa shape index (κ2) is 5.83. The summed E-state index contributed by atoms with van der Waals surface area (Å²) in [4.78, 5) is 4.53. The van der Waals surface area contributed by atoms with E-state index in [0.29, 0.717) is 24.8 Å². The van der Waals surface area contributed by atoms with Crippen LogP contribution in [0.1, 0.15) is 37.1 Å². The van der Waals surface area contributed by atoms with Gasteiger partial charge in [0.05, 0.1) is 0 Å². The van der Waals surface area contributed by atoms with E-state index < -0.39 is 10.2 Å². The third-order valence-corrected chi connectivity index (χ3v) is 6.98. The third-order valence-electron chi connectivity index (χ3n) is 5.93. The second-order valence-electron chi connectivity index (χ2n) is 7.46. The van der Waals surface area contributed by atoms with Crippen molar-refractivity contribution in [1.29, 1.82) is 0 Å². The summed E-state index contributed by atoms with van der Waals surface area (Å²) in [6.07, 6.45) is 1.62. The van der Waals surface area contributed by atoms with Crippen molar-refractivity contribution in [2.45, 2.75) is 32.6 Å². The summed E-state index contributed by atoms with van der Waals surface area (Å²) in [5.41, 5.74) is 1.48. The van der Waals surface area contributed by atoms with Crippen LogP contribution in [-0.2, 0) is 10.2 Å². The largest absolute Gasteiger partial charge is 0.339 e. The van der Waals surface area contributed by atoms with Crippen molar-refractivity contribution < 1.29 is 17.3 Å². The molecule has 1 aliphatic heterocycles. The lowest BCUT2D eigenvalue weighted by Crippen LogP contribution is -2.46. The monoisotopic (exact) mass is 380 g/mol. The number of nitrogens with zero attached hydrogens (tertiary/aromatic N) is 3. The van der Waals surface area contributed by atoms with Gasteiger partial charge in [0, 0.05) is 24.6 Å². The predicted molar refractivity (Wildman–Crippen MR) is 92.7 cm³/mol. The van der Waals surface area contributed by atoms with Crippen LogP contribution in [0.4, 0.5) is 4.39 Å². The van der Waals surface area contributed by atoms with E-state index in [1.165, 1.54) is 16.4 Å². The lowest BCUT2D eigenvalue weighted by atomic mass is 9.82. The summed E-state index contributed by atoms with van der Waals surface area (Å²) in [7, 11) is -3.65. The highest BCUT2D eigenvalue weighted by Gasteiger charge is 2.62. The number of hydrogen-bond donors (Lipinski definition) is 1. The minimum atomic E-state index is -3.65. The highest BCUT2D eigenvalue weighted by Crippen LogP contribution is 2.66. The minimum absolute atomic E-state index is 0.0111. The molecule has 2 fully saturated rings. The first-order valence-corrected chi connectivity index (χ1v) is 10.1. The van der Waals surface area contributed by atoms with Gasteiger partial charge in [-0.25, -0.2) is 9.53 Å². The number of aromatic nitrogens is 2. The van der Waals surface area contributed by atoms with Crippen LogP contribution in [-0.4, -0.2) is 36.0 Å². The van der Waals surface area contributed by atoms with Crippen LogP contribution >= 0.6 is 0 Å². The maximum atomic E-state index is 13.3. The van der Waals surface area contributed by atoms with Crippen molar-refractivity contribution in [3.8, 4) is 11.4 Å². The van der Waals surface area contributed by atoms with E-state index in [1.54, 1.807) is 13.0 Å². The van der Waals surface area contributed by atoms with Gasteiger partial charge in [0.25, 0.3) is 10.2 Å². The summed E-state index contributed by atoms with van der Waals surface area (Å²) >= 11 is 0. The molecule has 4 rings (SSSR count). The van der Waals surface area contributed by atoms with Gasteiger partial charge in [0.1, 0.15) is 5.82 Å². The maximum absolute atomic E-state index is 13.3. The van der Waals surface area contributed by atoms with Crippen molar-refractivity contribution in [2.24, 2.45) is 16.5 Å².